The van der Waals surface area contributed by atoms with Gasteiger partial charge < -0.3 is 15.7 Å². The van der Waals surface area contributed by atoms with Crippen molar-refractivity contribution in [1.82, 2.24) is 0 Å². The lowest BCUT2D eigenvalue weighted by molar-refractivity contribution is 0.0794. The van der Waals surface area contributed by atoms with Crippen LogP contribution in [-0.4, -0.2) is 31.0 Å². The van der Waals surface area contributed by atoms with Gasteiger partial charge in [0, 0.05) is 30.4 Å². The molecule has 0 spiro atoms. The highest BCUT2D eigenvalue weighted by atomic mass is 19.1. The zero-order valence-corrected chi connectivity index (χ0v) is 9.85. The molecule has 17 heavy (non-hydrogen) atoms. The van der Waals surface area contributed by atoms with E-state index in [1.54, 1.807) is 0 Å². The normalized spacial score (nSPS) is 24.9. The molecule has 1 aromatic rings. The van der Waals surface area contributed by atoms with Gasteiger partial charge in [0.05, 0.1) is 12.8 Å². The topological polar surface area (TPSA) is 49.5 Å². The van der Waals surface area contributed by atoms with Crippen LogP contribution in [0.25, 0.3) is 0 Å². The first kappa shape index (κ1) is 12.2. The van der Waals surface area contributed by atoms with Crippen LogP contribution in [0.1, 0.15) is 12.8 Å². The van der Waals surface area contributed by atoms with E-state index in [0.29, 0.717) is 12.8 Å². The van der Waals surface area contributed by atoms with Crippen LogP contribution in [-0.2, 0) is 0 Å². The Balaban J connectivity index is 2.04. The average Bonchev–Trinajstić information content (AvgIpc) is 2.33. The third-order valence-corrected chi connectivity index (χ3v) is 3.43. The summed E-state index contributed by atoms with van der Waals surface area (Å²) < 4.78 is 12.4. The molecule has 1 heterocycles. The molecule has 94 valence electrons. The number of halogens is 1. The maximum atomic E-state index is 12.4. The Morgan fingerprint density at radius 1 is 1.35 bits per heavy atom. The summed E-state index contributed by atoms with van der Waals surface area (Å²) in [5.74, 6) is 0.0336. The van der Waals surface area contributed by atoms with Gasteiger partial charge in [-0.3, -0.25) is 4.39 Å². The van der Waals surface area contributed by atoms with Crippen molar-refractivity contribution < 1.29 is 9.50 Å². The number of aliphatic hydroxyl groups excluding tert-OH is 1. The molecule has 1 fully saturated rings. The van der Waals surface area contributed by atoms with Gasteiger partial charge in [-0.25, -0.2) is 0 Å². The average molecular weight is 238 g/mol. The zero-order chi connectivity index (χ0) is 12.3. The zero-order valence-electron chi connectivity index (χ0n) is 9.85. The Bertz CT molecular complexity index is 355. The Hall–Kier alpha value is -1.29. The molecule has 1 aliphatic heterocycles. The SMILES string of the molecule is Nc1ccc(N2CCC(O)C(CCF)C2)cc1. The van der Waals surface area contributed by atoms with E-state index in [0.717, 1.165) is 24.5 Å². The Morgan fingerprint density at radius 2 is 2.06 bits per heavy atom. The highest BCUT2D eigenvalue weighted by Gasteiger charge is 2.27. The van der Waals surface area contributed by atoms with Crippen LogP contribution in [0.3, 0.4) is 0 Å². The summed E-state index contributed by atoms with van der Waals surface area (Å²) in [6.07, 6.45) is 0.776. The second kappa shape index (κ2) is 5.36. The van der Waals surface area contributed by atoms with Gasteiger partial charge in [-0.2, -0.15) is 0 Å². The van der Waals surface area contributed by atoms with Gasteiger partial charge in [-0.1, -0.05) is 0 Å². The van der Waals surface area contributed by atoms with E-state index in [1.165, 1.54) is 0 Å². The van der Waals surface area contributed by atoms with Crippen molar-refractivity contribution in [2.45, 2.75) is 18.9 Å². The van der Waals surface area contributed by atoms with Gasteiger partial charge in [0.1, 0.15) is 0 Å². The van der Waals surface area contributed by atoms with Crippen LogP contribution in [0.5, 0.6) is 0 Å². The molecule has 0 amide bonds. The fourth-order valence-corrected chi connectivity index (χ4v) is 2.36. The van der Waals surface area contributed by atoms with Crippen LogP contribution in [0.4, 0.5) is 15.8 Å². The minimum absolute atomic E-state index is 0.0336. The van der Waals surface area contributed by atoms with Crippen LogP contribution in [0, 0.1) is 5.92 Å². The summed E-state index contributed by atoms with van der Waals surface area (Å²) >= 11 is 0. The van der Waals surface area contributed by atoms with Gasteiger partial charge >= 0.3 is 0 Å². The molecule has 0 aromatic heterocycles. The van der Waals surface area contributed by atoms with Crippen molar-refractivity contribution in [2.75, 3.05) is 30.4 Å². The van der Waals surface area contributed by atoms with Crippen molar-refractivity contribution in [1.29, 1.82) is 0 Å². The smallest absolute Gasteiger partial charge is 0.0898 e. The monoisotopic (exact) mass is 238 g/mol. The molecular weight excluding hydrogens is 219 g/mol. The van der Waals surface area contributed by atoms with Gasteiger partial charge in [-0.05, 0) is 37.1 Å². The highest BCUT2D eigenvalue weighted by molar-refractivity contribution is 5.53. The number of benzene rings is 1. The number of hydrogen-bond donors (Lipinski definition) is 2. The third-order valence-electron chi connectivity index (χ3n) is 3.43. The lowest BCUT2D eigenvalue weighted by atomic mass is 9.92. The van der Waals surface area contributed by atoms with Crippen molar-refractivity contribution in [3.63, 3.8) is 0 Å². The molecule has 2 rings (SSSR count). The molecule has 0 radical (unpaired) electrons. The maximum absolute atomic E-state index is 12.4. The number of alkyl halides is 1. The molecule has 0 saturated carbocycles. The van der Waals surface area contributed by atoms with Crippen LogP contribution < -0.4 is 10.6 Å². The van der Waals surface area contributed by atoms with Crippen molar-refractivity contribution >= 4 is 11.4 Å². The molecule has 0 bridgehead atoms. The van der Waals surface area contributed by atoms with Gasteiger partial charge in [-0.15, -0.1) is 0 Å². The lowest BCUT2D eigenvalue weighted by Gasteiger charge is -2.37. The van der Waals surface area contributed by atoms with Gasteiger partial charge in [0.2, 0.25) is 0 Å². The second-order valence-corrected chi connectivity index (χ2v) is 4.63. The molecule has 4 heteroatoms. The largest absolute Gasteiger partial charge is 0.399 e. The first-order valence-electron chi connectivity index (χ1n) is 6.05. The minimum atomic E-state index is -0.365. The molecule has 1 saturated heterocycles. The number of hydrogen-bond acceptors (Lipinski definition) is 3. The van der Waals surface area contributed by atoms with Gasteiger partial charge in [0.25, 0.3) is 0 Å². The number of anilines is 2. The summed E-state index contributed by atoms with van der Waals surface area (Å²) in [5.41, 5.74) is 7.48. The van der Waals surface area contributed by atoms with E-state index in [4.69, 9.17) is 5.73 Å². The summed E-state index contributed by atoms with van der Waals surface area (Å²) in [5, 5.41) is 9.80. The predicted octanol–water partition coefficient (Wildman–Crippen LogP) is 1.82. The lowest BCUT2D eigenvalue weighted by Crippen LogP contribution is -2.43. The first-order chi connectivity index (χ1) is 8.20. The summed E-state index contributed by atoms with van der Waals surface area (Å²) in [4.78, 5) is 2.19. The number of piperidine rings is 1. The molecule has 0 aliphatic carbocycles. The van der Waals surface area contributed by atoms with Crippen molar-refractivity contribution in [3.8, 4) is 0 Å². The minimum Gasteiger partial charge on any atom is -0.399 e. The van der Waals surface area contributed by atoms with Crippen molar-refractivity contribution in [2.24, 2.45) is 5.92 Å². The van der Waals surface area contributed by atoms with Crippen molar-refractivity contribution in [3.05, 3.63) is 24.3 Å². The molecule has 2 atom stereocenters. The summed E-state index contributed by atoms with van der Waals surface area (Å²) in [6, 6.07) is 7.67. The van der Waals surface area contributed by atoms with E-state index in [1.807, 2.05) is 24.3 Å². The highest BCUT2D eigenvalue weighted by Crippen LogP contribution is 2.26. The fraction of sp³-hybridized carbons (Fsp3) is 0.538. The van der Waals surface area contributed by atoms with Gasteiger partial charge in [0.15, 0.2) is 0 Å². The Kier molecular flexibility index (Phi) is 3.84. The number of nitrogens with zero attached hydrogens (tertiary/aromatic N) is 1. The third kappa shape index (κ3) is 2.88. The maximum Gasteiger partial charge on any atom is 0.0898 e. The second-order valence-electron chi connectivity index (χ2n) is 4.63. The quantitative estimate of drug-likeness (QED) is 0.790. The summed E-state index contributed by atoms with van der Waals surface area (Å²) in [7, 11) is 0. The number of rotatable bonds is 3. The molecule has 3 N–H and O–H groups in total. The fourth-order valence-electron chi connectivity index (χ4n) is 2.36. The molecule has 1 aliphatic rings. The number of nitrogen functional groups attached to an aromatic ring is 1. The number of nitrogens with two attached hydrogens (primary N) is 1. The summed E-state index contributed by atoms with van der Waals surface area (Å²) in [6.45, 7) is 1.17. The molecular formula is C13H19FN2O. The van der Waals surface area contributed by atoms with E-state index in [2.05, 4.69) is 4.90 Å². The standard InChI is InChI=1S/C13H19FN2O/c14-7-5-10-9-16(8-6-13(10)17)12-3-1-11(15)2-4-12/h1-4,10,13,17H,5-9,15H2. The molecule has 3 nitrogen and oxygen atoms in total. The number of aliphatic hydroxyl groups is 1. The van der Waals surface area contributed by atoms with Crippen LogP contribution >= 0.6 is 0 Å². The Morgan fingerprint density at radius 3 is 2.71 bits per heavy atom. The van der Waals surface area contributed by atoms with Crippen LogP contribution in [0.2, 0.25) is 0 Å². The van der Waals surface area contributed by atoms with E-state index in [-0.39, 0.29) is 18.7 Å². The molecule has 2 unspecified atom stereocenters. The first-order valence-corrected chi connectivity index (χ1v) is 6.05. The van der Waals surface area contributed by atoms with E-state index < -0.39 is 0 Å². The molecule has 1 aromatic carbocycles. The van der Waals surface area contributed by atoms with E-state index in [9.17, 15) is 9.50 Å². The van der Waals surface area contributed by atoms with Crippen LogP contribution in [0.15, 0.2) is 24.3 Å². The Labute approximate surface area is 101 Å². The van der Waals surface area contributed by atoms with E-state index >= 15 is 0 Å². The predicted molar refractivity (Wildman–Crippen MR) is 67.8 cm³/mol.